The van der Waals surface area contributed by atoms with Gasteiger partial charge in [0, 0.05) is 31.1 Å². The van der Waals surface area contributed by atoms with E-state index in [0.29, 0.717) is 19.0 Å². The Balaban J connectivity index is 1.53. The van der Waals surface area contributed by atoms with Crippen molar-refractivity contribution in [1.29, 1.82) is 0 Å². The monoisotopic (exact) mass is 390 g/mol. The van der Waals surface area contributed by atoms with Gasteiger partial charge in [-0.05, 0) is 49.4 Å². The van der Waals surface area contributed by atoms with Crippen molar-refractivity contribution in [2.75, 3.05) is 6.54 Å². The molecule has 0 radical (unpaired) electrons. The minimum Gasteiger partial charge on any atom is -0.338 e. The van der Waals surface area contributed by atoms with E-state index in [1.165, 1.54) is 18.4 Å². The van der Waals surface area contributed by atoms with Crippen LogP contribution in [0, 0.1) is 0 Å². The van der Waals surface area contributed by atoms with Crippen LogP contribution in [0.1, 0.15) is 73.0 Å². The number of amides is 2. The standard InChI is InChI=1S/C25H30N2O2/c1-19(21-8-3-2-4-9-21)27(23-10-5-6-11-23)25(29)22-15-13-20(14-16-22)18-26-17-7-12-24(26)28/h2-4,8-9,13-16,19,23H,5-7,10-12,17-18H2,1H3/t19-/m1/s1. The number of hydrogen-bond donors (Lipinski definition) is 0. The minimum atomic E-state index is 0.0497. The molecule has 2 amide bonds. The topological polar surface area (TPSA) is 40.6 Å². The lowest BCUT2D eigenvalue weighted by Crippen LogP contribution is -2.40. The van der Waals surface area contributed by atoms with Crippen LogP contribution in [0.4, 0.5) is 0 Å². The van der Waals surface area contributed by atoms with E-state index >= 15 is 0 Å². The third kappa shape index (κ3) is 4.36. The van der Waals surface area contributed by atoms with Crippen molar-refractivity contribution < 1.29 is 9.59 Å². The maximum Gasteiger partial charge on any atom is 0.254 e. The number of benzene rings is 2. The second-order valence-electron chi connectivity index (χ2n) is 8.35. The number of likely N-dealkylation sites (tertiary alicyclic amines) is 1. The van der Waals surface area contributed by atoms with Gasteiger partial charge in [0.1, 0.15) is 0 Å². The van der Waals surface area contributed by atoms with Crippen LogP contribution in [0.25, 0.3) is 0 Å². The highest BCUT2D eigenvalue weighted by atomic mass is 16.2. The van der Waals surface area contributed by atoms with E-state index in [4.69, 9.17) is 0 Å². The Morgan fingerprint density at radius 2 is 1.72 bits per heavy atom. The zero-order valence-electron chi connectivity index (χ0n) is 17.2. The van der Waals surface area contributed by atoms with E-state index in [1.807, 2.05) is 47.4 Å². The van der Waals surface area contributed by atoms with Gasteiger partial charge < -0.3 is 9.80 Å². The summed E-state index contributed by atoms with van der Waals surface area (Å²) in [7, 11) is 0. The fraction of sp³-hybridized carbons (Fsp3) is 0.440. The number of hydrogen-bond acceptors (Lipinski definition) is 2. The summed E-state index contributed by atoms with van der Waals surface area (Å²) in [5.41, 5.74) is 2.99. The Kier molecular flexibility index (Phi) is 5.98. The van der Waals surface area contributed by atoms with Crippen LogP contribution in [-0.4, -0.2) is 34.2 Å². The highest BCUT2D eigenvalue weighted by Gasteiger charge is 2.32. The predicted molar refractivity (Wildman–Crippen MR) is 114 cm³/mol. The van der Waals surface area contributed by atoms with E-state index in [1.54, 1.807) is 0 Å². The van der Waals surface area contributed by atoms with Crippen LogP contribution in [0.15, 0.2) is 54.6 Å². The third-order valence-corrected chi connectivity index (χ3v) is 6.40. The molecule has 1 saturated carbocycles. The first-order valence-electron chi connectivity index (χ1n) is 10.9. The molecule has 2 aliphatic rings. The second kappa shape index (κ2) is 8.81. The van der Waals surface area contributed by atoms with Crippen molar-refractivity contribution in [2.24, 2.45) is 0 Å². The van der Waals surface area contributed by atoms with Gasteiger partial charge in [0.2, 0.25) is 5.91 Å². The molecule has 1 aliphatic carbocycles. The molecular weight excluding hydrogens is 360 g/mol. The first-order valence-corrected chi connectivity index (χ1v) is 10.9. The van der Waals surface area contributed by atoms with Gasteiger partial charge in [-0.15, -0.1) is 0 Å². The summed E-state index contributed by atoms with van der Waals surface area (Å²) in [6, 6.07) is 18.5. The van der Waals surface area contributed by atoms with Crippen LogP contribution >= 0.6 is 0 Å². The van der Waals surface area contributed by atoms with Crippen LogP contribution in [0.2, 0.25) is 0 Å². The molecular formula is C25H30N2O2. The molecule has 1 aliphatic heterocycles. The van der Waals surface area contributed by atoms with Crippen LogP contribution < -0.4 is 0 Å². The van der Waals surface area contributed by atoms with Gasteiger partial charge in [0.05, 0.1) is 6.04 Å². The fourth-order valence-corrected chi connectivity index (χ4v) is 4.73. The quantitative estimate of drug-likeness (QED) is 0.700. The molecule has 0 N–H and O–H groups in total. The van der Waals surface area contributed by atoms with Crippen LogP contribution in [0.3, 0.4) is 0 Å². The zero-order valence-corrected chi connectivity index (χ0v) is 17.2. The molecule has 152 valence electrons. The molecule has 4 rings (SSSR count). The lowest BCUT2D eigenvalue weighted by molar-refractivity contribution is -0.128. The molecule has 0 spiro atoms. The molecule has 1 heterocycles. The number of carbonyl (C=O) groups excluding carboxylic acids is 2. The van der Waals surface area contributed by atoms with Gasteiger partial charge in [-0.2, -0.15) is 0 Å². The highest BCUT2D eigenvalue weighted by molar-refractivity contribution is 5.94. The molecule has 4 nitrogen and oxygen atoms in total. The highest BCUT2D eigenvalue weighted by Crippen LogP contribution is 2.32. The molecule has 2 aromatic rings. The summed E-state index contributed by atoms with van der Waals surface area (Å²) in [5, 5.41) is 0. The van der Waals surface area contributed by atoms with Gasteiger partial charge in [0.25, 0.3) is 5.91 Å². The molecule has 4 heteroatoms. The summed E-state index contributed by atoms with van der Waals surface area (Å²) in [5.74, 6) is 0.339. The number of rotatable bonds is 6. The second-order valence-corrected chi connectivity index (χ2v) is 8.35. The van der Waals surface area contributed by atoms with E-state index in [9.17, 15) is 9.59 Å². The maximum atomic E-state index is 13.5. The lowest BCUT2D eigenvalue weighted by Gasteiger charge is -2.35. The van der Waals surface area contributed by atoms with Crippen LogP contribution in [0.5, 0.6) is 0 Å². The summed E-state index contributed by atoms with van der Waals surface area (Å²) in [4.78, 5) is 29.4. The average Bonchev–Trinajstić information content (AvgIpc) is 3.42. The Labute approximate surface area is 173 Å². The van der Waals surface area contributed by atoms with Crippen molar-refractivity contribution in [2.45, 2.75) is 64.1 Å². The molecule has 29 heavy (non-hydrogen) atoms. The molecule has 0 aromatic heterocycles. The first kappa shape index (κ1) is 19.7. The largest absolute Gasteiger partial charge is 0.338 e. The Hall–Kier alpha value is -2.62. The summed E-state index contributed by atoms with van der Waals surface area (Å²) in [6.07, 6.45) is 6.15. The van der Waals surface area contributed by atoms with E-state index < -0.39 is 0 Å². The van der Waals surface area contributed by atoms with E-state index in [2.05, 4.69) is 24.0 Å². The van der Waals surface area contributed by atoms with Gasteiger partial charge >= 0.3 is 0 Å². The average molecular weight is 391 g/mol. The Bertz CT molecular complexity index is 841. The van der Waals surface area contributed by atoms with Crippen molar-refractivity contribution in [3.05, 3.63) is 71.3 Å². The summed E-state index contributed by atoms with van der Waals surface area (Å²) >= 11 is 0. The number of carbonyl (C=O) groups is 2. The zero-order chi connectivity index (χ0) is 20.2. The summed E-state index contributed by atoms with van der Waals surface area (Å²) in [6.45, 7) is 3.61. The van der Waals surface area contributed by atoms with Gasteiger partial charge in [-0.3, -0.25) is 9.59 Å². The fourth-order valence-electron chi connectivity index (χ4n) is 4.73. The molecule has 1 saturated heterocycles. The minimum absolute atomic E-state index is 0.0497. The van der Waals surface area contributed by atoms with Gasteiger partial charge in [-0.1, -0.05) is 55.3 Å². The smallest absolute Gasteiger partial charge is 0.254 e. The Morgan fingerprint density at radius 1 is 1.03 bits per heavy atom. The molecule has 0 unspecified atom stereocenters. The normalized spacial score (nSPS) is 18.2. The van der Waals surface area contributed by atoms with E-state index in [-0.39, 0.29) is 17.9 Å². The van der Waals surface area contributed by atoms with E-state index in [0.717, 1.165) is 36.9 Å². The maximum absolute atomic E-state index is 13.5. The Morgan fingerprint density at radius 3 is 2.34 bits per heavy atom. The van der Waals surface area contributed by atoms with Crippen molar-refractivity contribution >= 4 is 11.8 Å². The van der Waals surface area contributed by atoms with Gasteiger partial charge in [-0.25, -0.2) is 0 Å². The first-order chi connectivity index (χ1) is 14.1. The van der Waals surface area contributed by atoms with Crippen LogP contribution in [-0.2, 0) is 11.3 Å². The third-order valence-electron chi connectivity index (χ3n) is 6.40. The lowest BCUT2D eigenvalue weighted by atomic mass is 10.0. The number of nitrogens with zero attached hydrogens (tertiary/aromatic N) is 2. The molecule has 1 atom stereocenters. The predicted octanol–water partition coefficient (Wildman–Crippen LogP) is 4.96. The molecule has 0 bridgehead atoms. The summed E-state index contributed by atoms with van der Waals surface area (Å²) < 4.78 is 0. The van der Waals surface area contributed by atoms with Crippen molar-refractivity contribution in [3.8, 4) is 0 Å². The van der Waals surface area contributed by atoms with Crippen molar-refractivity contribution in [1.82, 2.24) is 9.80 Å². The van der Waals surface area contributed by atoms with Crippen molar-refractivity contribution in [3.63, 3.8) is 0 Å². The van der Waals surface area contributed by atoms with Gasteiger partial charge in [0.15, 0.2) is 0 Å². The molecule has 2 fully saturated rings. The SMILES string of the molecule is C[C@H](c1ccccc1)N(C(=O)c1ccc(CN2CCCC2=O)cc1)C1CCCC1. The molecule has 2 aromatic carbocycles.